The van der Waals surface area contributed by atoms with E-state index in [4.69, 9.17) is 4.74 Å². The lowest BCUT2D eigenvalue weighted by atomic mass is 10.0. The Balaban J connectivity index is 1.79. The number of ether oxygens (including phenoxy) is 1. The summed E-state index contributed by atoms with van der Waals surface area (Å²) in [4.78, 5) is 37.0. The summed E-state index contributed by atoms with van der Waals surface area (Å²) in [5, 5.41) is 5.32. The van der Waals surface area contributed by atoms with Gasteiger partial charge in [-0.1, -0.05) is 60.7 Å². The van der Waals surface area contributed by atoms with Crippen molar-refractivity contribution < 1.29 is 19.1 Å². The number of para-hydroxylation sites is 2. The van der Waals surface area contributed by atoms with Crippen LogP contribution in [0, 0.1) is 0 Å². The van der Waals surface area contributed by atoms with Gasteiger partial charge in [-0.15, -0.1) is 0 Å². The van der Waals surface area contributed by atoms with E-state index in [1.54, 1.807) is 36.4 Å². The minimum absolute atomic E-state index is 0.157. The summed E-state index contributed by atoms with van der Waals surface area (Å²) in [6.45, 7) is 1.19. The number of Topliss-reactive ketones (excluding diaryl/α,β-unsaturated/α-hetero) is 1. The molecule has 0 aromatic heterocycles. The molecule has 0 fully saturated rings. The van der Waals surface area contributed by atoms with E-state index in [1.807, 2.05) is 48.5 Å². The van der Waals surface area contributed by atoms with Gasteiger partial charge in [0.15, 0.2) is 5.78 Å². The van der Waals surface area contributed by atoms with Gasteiger partial charge < -0.3 is 15.4 Å². The van der Waals surface area contributed by atoms with Crippen LogP contribution in [0.25, 0.3) is 0 Å². The van der Waals surface area contributed by atoms with E-state index in [-0.39, 0.29) is 18.2 Å². The second-order valence-electron chi connectivity index (χ2n) is 7.00. The molecule has 0 bridgehead atoms. The molecule has 3 aromatic rings. The van der Waals surface area contributed by atoms with Gasteiger partial charge in [0, 0.05) is 6.92 Å². The Hall–Kier alpha value is -3.93. The fourth-order valence-corrected chi connectivity index (χ4v) is 3.02. The zero-order valence-electron chi connectivity index (χ0n) is 17.2. The third-order valence-corrected chi connectivity index (χ3v) is 4.59. The number of hydrogen-bond donors (Lipinski definition) is 2. The van der Waals surface area contributed by atoms with Crippen LogP contribution in [-0.2, 0) is 16.0 Å². The molecule has 31 heavy (non-hydrogen) atoms. The van der Waals surface area contributed by atoms with Gasteiger partial charge in [-0.05, 0) is 36.2 Å². The summed E-state index contributed by atoms with van der Waals surface area (Å²) in [6.07, 6.45) is 0.312. The van der Waals surface area contributed by atoms with Crippen molar-refractivity contribution in [3.63, 3.8) is 0 Å². The van der Waals surface area contributed by atoms with E-state index in [1.165, 1.54) is 6.92 Å². The lowest BCUT2D eigenvalue weighted by Crippen LogP contribution is -2.46. The van der Waals surface area contributed by atoms with Gasteiger partial charge in [0.2, 0.25) is 5.91 Å². The van der Waals surface area contributed by atoms with E-state index in [0.29, 0.717) is 23.5 Å². The number of hydrogen-bond acceptors (Lipinski definition) is 4. The maximum absolute atomic E-state index is 13.1. The highest BCUT2D eigenvalue weighted by Gasteiger charge is 2.23. The van der Waals surface area contributed by atoms with Crippen molar-refractivity contribution in [2.24, 2.45) is 0 Å². The molecule has 0 heterocycles. The Morgan fingerprint density at radius 2 is 1.45 bits per heavy atom. The van der Waals surface area contributed by atoms with Gasteiger partial charge >= 0.3 is 0 Å². The fraction of sp³-hybridized carbons (Fsp3) is 0.160. The molecule has 1 atom stereocenters. The van der Waals surface area contributed by atoms with Crippen molar-refractivity contribution in [1.82, 2.24) is 10.6 Å². The predicted molar refractivity (Wildman–Crippen MR) is 118 cm³/mol. The molecule has 0 aliphatic rings. The lowest BCUT2D eigenvalue weighted by Gasteiger charge is -2.19. The summed E-state index contributed by atoms with van der Waals surface area (Å²) in [5.74, 6) is -0.0264. The largest absolute Gasteiger partial charge is 0.457 e. The van der Waals surface area contributed by atoms with E-state index in [0.717, 1.165) is 5.56 Å². The van der Waals surface area contributed by atoms with Crippen LogP contribution in [0.1, 0.15) is 22.8 Å². The normalized spacial score (nSPS) is 11.3. The molecule has 0 aliphatic heterocycles. The summed E-state index contributed by atoms with van der Waals surface area (Å²) in [6, 6.07) is 24.6. The summed E-state index contributed by atoms with van der Waals surface area (Å²) in [5.41, 5.74) is 1.22. The Kier molecular flexibility index (Phi) is 7.54. The van der Waals surface area contributed by atoms with E-state index >= 15 is 0 Å². The molecule has 2 N–H and O–H groups in total. The molecule has 0 unspecified atom stereocenters. The third-order valence-electron chi connectivity index (χ3n) is 4.59. The molecule has 0 spiro atoms. The number of rotatable bonds is 9. The second-order valence-corrected chi connectivity index (χ2v) is 7.00. The van der Waals surface area contributed by atoms with Crippen LogP contribution < -0.4 is 15.4 Å². The molecule has 158 valence electrons. The molecule has 6 heteroatoms. The molecule has 3 aromatic carbocycles. The highest BCUT2D eigenvalue weighted by Crippen LogP contribution is 2.25. The number of nitrogens with one attached hydrogen (secondary N) is 2. The van der Waals surface area contributed by atoms with Crippen molar-refractivity contribution in [2.75, 3.05) is 6.54 Å². The standard InChI is InChI=1S/C25H24N2O4/c1-18(28)26-17-23(29)22(16-19-10-4-2-5-11-19)27-25(30)21-14-8-9-15-24(21)31-20-12-6-3-7-13-20/h2-15,22H,16-17H2,1H3,(H,26,28)(H,27,30)/t22-/m0/s1. The molecule has 6 nitrogen and oxygen atoms in total. The third kappa shape index (κ3) is 6.54. The van der Waals surface area contributed by atoms with Crippen LogP contribution in [0.3, 0.4) is 0 Å². The first-order valence-electron chi connectivity index (χ1n) is 9.97. The number of carbonyl (C=O) groups excluding carboxylic acids is 3. The first kappa shape index (κ1) is 21.8. The van der Waals surface area contributed by atoms with Gasteiger partial charge in [-0.3, -0.25) is 14.4 Å². The zero-order chi connectivity index (χ0) is 22.1. The average Bonchev–Trinajstić information content (AvgIpc) is 2.78. The van der Waals surface area contributed by atoms with Gasteiger partial charge in [0.1, 0.15) is 11.5 Å². The first-order valence-corrected chi connectivity index (χ1v) is 9.97. The van der Waals surface area contributed by atoms with E-state index in [9.17, 15) is 14.4 Å². The smallest absolute Gasteiger partial charge is 0.255 e. The van der Waals surface area contributed by atoms with Gasteiger partial charge in [0.05, 0.1) is 18.2 Å². The van der Waals surface area contributed by atoms with Crippen LogP contribution >= 0.6 is 0 Å². The van der Waals surface area contributed by atoms with Crippen molar-refractivity contribution in [2.45, 2.75) is 19.4 Å². The summed E-state index contributed by atoms with van der Waals surface area (Å²) >= 11 is 0. The van der Waals surface area contributed by atoms with Gasteiger partial charge in [-0.25, -0.2) is 0 Å². The van der Waals surface area contributed by atoms with Crippen LogP contribution in [0.5, 0.6) is 11.5 Å². The Bertz CT molecular complexity index is 1040. The maximum atomic E-state index is 13.1. The van der Waals surface area contributed by atoms with Crippen LogP contribution in [0.15, 0.2) is 84.9 Å². The second kappa shape index (κ2) is 10.7. The van der Waals surface area contributed by atoms with Crippen LogP contribution in [-0.4, -0.2) is 30.2 Å². The molecular formula is C25H24N2O4. The topological polar surface area (TPSA) is 84.5 Å². The van der Waals surface area contributed by atoms with Crippen molar-refractivity contribution >= 4 is 17.6 Å². The monoisotopic (exact) mass is 416 g/mol. The van der Waals surface area contributed by atoms with Crippen molar-refractivity contribution in [3.8, 4) is 11.5 Å². The Morgan fingerprint density at radius 1 is 0.839 bits per heavy atom. The number of ketones is 1. The molecule has 2 amide bonds. The molecule has 0 saturated heterocycles. The Morgan fingerprint density at radius 3 is 2.13 bits per heavy atom. The highest BCUT2D eigenvalue weighted by molar-refractivity contribution is 6.00. The van der Waals surface area contributed by atoms with Crippen molar-refractivity contribution in [3.05, 3.63) is 96.1 Å². The zero-order valence-corrected chi connectivity index (χ0v) is 17.2. The van der Waals surface area contributed by atoms with Gasteiger partial charge in [0.25, 0.3) is 5.91 Å². The number of carbonyl (C=O) groups is 3. The first-order chi connectivity index (χ1) is 15.0. The molecule has 3 rings (SSSR count). The quantitative estimate of drug-likeness (QED) is 0.559. The van der Waals surface area contributed by atoms with E-state index < -0.39 is 11.9 Å². The molecule has 0 radical (unpaired) electrons. The minimum atomic E-state index is -0.800. The SMILES string of the molecule is CC(=O)NCC(=O)[C@H](Cc1ccccc1)NC(=O)c1ccccc1Oc1ccccc1. The van der Waals surface area contributed by atoms with Crippen LogP contribution in [0.4, 0.5) is 0 Å². The number of benzene rings is 3. The highest BCUT2D eigenvalue weighted by atomic mass is 16.5. The lowest BCUT2D eigenvalue weighted by molar-refractivity contribution is -0.124. The Labute approximate surface area is 181 Å². The summed E-state index contributed by atoms with van der Waals surface area (Å²) < 4.78 is 5.87. The molecule has 0 aliphatic carbocycles. The molecule has 0 saturated carbocycles. The van der Waals surface area contributed by atoms with Gasteiger partial charge in [-0.2, -0.15) is 0 Å². The minimum Gasteiger partial charge on any atom is -0.457 e. The maximum Gasteiger partial charge on any atom is 0.255 e. The molecular weight excluding hydrogens is 392 g/mol. The fourth-order valence-electron chi connectivity index (χ4n) is 3.02. The van der Waals surface area contributed by atoms with Crippen LogP contribution in [0.2, 0.25) is 0 Å². The average molecular weight is 416 g/mol. The predicted octanol–water partition coefficient (Wildman–Crippen LogP) is 3.53. The summed E-state index contributed by atoms with van der Waals surface area (Å²) in [7, 11) is 0. The van der Waals surface area contributed by atoms with E-state index in [2.05, 4.69) is 10.6 Å². The van der Waals surface area contributed by atoms with Crippen molar-refractivity contribution in [1.29, 1.82) is 0 Å². The number of amides is 2.